The third-order valence-electron chi connectivity index (χ3n) is 2.19. The lowest BCUT2D eigenvalue weighted by atomic mass is 10.4. The summed E-state index contributed by atoms with van der Waals surface area (Å²) < 4.78 is 12.3. The van der Waals surface area contributed by atoms with Crippen LogP contribution < -0.4 is 10.3 Å². The van der Waals surface area contributed by atoms with Gasteiger partial charge in [0.15, 0.2) is 6.23 Å². The van der Waals surface area contributed by atoms with E-state index >= 15 is 0 Å². The Morgan fingerprint density at radius 1 is 1.81 bits per heavy atom. The molecule has 6 nitrogen and oxygen atoms in total. The van der Waals surface area contributed by atoms with Crippen molar-refractivity contribution in [3.05, 3.63) is 22.6 Å². The molecule has 2 rings (SSSR count). The number of fused-ring (bicyclic) bond motifs is 1. The minimum absolute atomic E-state index is 0.164. The largest absolute Gasteiger partial charge is 0.460 e. The van der Waals surface area contributed by atoms with Gasteiger partial charge in [-0.2, -0.15) is 4.98 Å². The Balaban J connectivity index is 2.14. The fourth-order valence-corrected chi connectivity index (χ4v) is 1.57. The third kappa shape index (κ3) is 2.18. The predicted molar refractivity (Wildman–Crippen MR) is 55.7 cm³/mol. The molecule has 16 heavy (non-hydrogen) atoms. The number of aromatic nitrogens is 2. The van der Waals surface area contributed by atoms with E-state index in [0.717, 1.165) is 0 Å². The summed E-state index contributed by atoms with van der Waals surface area (Å²) in [6.45, 7) is 0.0901. The highest BCUT2D eigenvalue weighted by atomic mass is 35.5. The molecule has 1 aliphatic heterocycles. The molecule has 88 valence electrons. The van der Waals surface area contributed by atoms with Crippen LogP contribution in [0.15, 0.2) is 17.1 Å². The Morgan fingerprint density at radius 3 is 3.31 bits per heavy atom. The van der Waals surface area contributed by atoms with E-state index < -0.39 is 12.3 Å². The molecule has 0 saturated carbocycles. The Hall–Kier alpha value is -1.11. The molecule has 2 heterocycles. The average Bonchev–Trinajstić information content (AvgIpc) is 2.68. The SMILES string of the molecule is O=c1ccn2c(n1)OC[C@H]2O[C@H](CO)CCl. The number of nitrogens with zero attached hydrogens (tertiary/aromatic N) is 2. The van der Waals surface area contributed by atoms with Crippen LogP contribution in [0.25, 0.3) is 0 Å². The highest BCUT2D eigenvalue weighted by Crippen LogP contribution is 2.24. The standard InChI is InChI=1S/C9H11ClN2O4/c10-3-6(4-13)16-8-5-15-9-11-7(14)1-2-12(8)9/h1-2,6,8,13H,3-5H2/t6-,8+/m0/s1. The summed E-state index contributed by atoms with van der Waals surface area (Å²) in [5.41, 5.74) is -0.358. The molecule has 0 radical (unpaired) electrons. The summed E-state index contributed by atoms with van der Waals surface area (Å²) in [6, 6.07) is 1.55. The summed E-state index contributed by atoms with van der Waals surface area (Å²) >= 11 is 5.60. The summed E-state index contributed by atoms with van der Waals surface area (Å²) in [4.78, 5) is 14.6. The summed E-state index contributed by atoms with van der Waals surface area (Å²) in [7, 11) is 0. The molecule has 0 saturated heterocycles. The van der Waals surface area contributed by atoms with E-state index in [4.69, 9.17) is 26.2 Å². The lowest BCUT2D eigenvalue weighted by Gasteiger charge is -2.18. The smallest absolute Gasteiger partial charge is 0.302 e. The number of ether oxygens (including phenoxy) is 2. The van der Waals surface area contributed by atoms with Crippen molar-refractivity contribution in [1.29, 1.82) is 0 Å². The second-order valence-corrected chi connectivity index (χ2v) is 3.62. The van der Waals surface area contributed by atoms with Crippen molar-refractivity contribution >= 4 is 11.6 Å². The minimum Gasteiger partial charge on any atom is -0.460 e. The van der Waals surface area contributed by atoms with Gasteiger partial charge in [0, 0.05) is 12.3 Å². The van der Waals surface area contributed by atoms with Crippen molar-refractivity contribution < 1.29 is 14.6 Å². The van der Waals surface area contributed by atoms with E-state index in [1.807, 2.05) is 0 Å². The molecule has 1 N–H and O–H groups in total. The van der Waals surface area contributed by atoms with Crippen molar-refractivity contribution in [2.24, 2.45) is 0 Å². The first kappa shape index (κ1) is 11.4. The normalized spacial score (nSPS) is 20.2. The van der Waals surface area contributed by atoms with Gasteiger partial charge in [-0.05, 0) is 0 Å². The zero-order valence-electron chi connectivity index (χ0n) is 8.38. The molecule has 0 fully saturated rings. The molecule has 0 amide bonds. The number of rotatable bonds is 4. The van der Waals surface area contributed by atoms with Crippen molar-refractivity contribution in [2.45, 2.75) is 12.3 Å². The quantitative estimate of drug-likeness (QED) is 0.742. The van der Waals surface area contributed by atoms with E-state index in [0.29, 0.717) is 0 Å². The summed E-state index contributed by atoms with van der Waals surface area (Å²) in [6.07, 6.45) is 0.685. The lowest BCUT2D eigenvalue weighted by molar-refractivity contribution is -0.0630. The molecule has 1 aliphatic rings. The lowest BCUT2D eigenvalue weighted by Crippen LogP contribution is -2.25. The van der Waals surface area contributed by atoms with E-state index in [1.54, 1.807) is 10.8 Å². The van der Waals surface area contributed by atoms with Crippen LogP contribution in [0.5, 0.6) is 6.01 Å². The first-order valence-electron chi connectivity index (χ1n) is 4.79. The second kappa shape index (κ2) is 4.82. The molecule has 0 bridgehead atoms. The number of aliphatic hydroxyl groups is 1. The molecule has 7 heteroatoms. The molecule has 2 atom stereocenters. The molecule has 0 aromatic carbocycles. The van der Waals surface area contributed by atoms with Gasteiger partial charge in [0.1, 0.15) is 6.61 Å². The highest BCUT2D eigenvalue weighted by Gasteiger charge is 2.26. The maximum absolute atomic E-state index is 11.0. The Bertz CT molecular complexity index is 418. The minimum atomic E-state index is -0.458. The molecule has 1 aromatic rings. The van der Waals surface area contributed by atoms with E-state index in [9.17, 15) is 4.79 Å². The number of halogens is 1. The summed E-state index contributed by atoms with van der Waals surface area (Å²) in [5, 5.41) is 8.95. The van der Waals surface area contributed by atoms with Gasteiger partial charge in [0.05, 0.1) is 18.6 Å². The van der Waals surface area contributed by atoms with E-state index in [-0.39, 0.29) is 30.7 Å². The highest BCUT2D eigenvalue weighted by molar-refractivity contribution is 6.18. The Kier molecular flexibility index (Phi) is 3.42. The molecular weight excluding hydrogens is 236 g/mol. The Morgan fingerprint density at radius 2 is 2.62 bits per heavy atom. The number of hydrogen-bond donors (Lipinski definition) is 1. The van der Waals surface area contributed by atoms with Crippen LogP contribution in [-0.2, 0) is 4.74 Å². The maximum Gasteiger partial charge on any atom is 0.302 e. The van der Waals surface area contributed by atoms with E-state index in [1.165, 1.54) is 6.07 Å². The molecule has 0 unspecified atom stereocenters. The van der Waals surface area contributed by atoms with Gasteiger partial charge in [0.2, 0.25) is 0 Å². The molecule has 0 spiro atoms. The van der Waals surface area contributed by atoms with Gasteiger partial charge in [-0.1, -0.05) is 0 Å². The zero-order valence-corrected chi connectivity index (χ0v) is 9.13. The van der Waals surface area contributed by atoms with Gasteiger partial charge >= 0.3 is 6.01 Å². The van der Waals surface area contributed by atoms with Crippen LogP contribution >= 0.6 is 11.6 Å². The van der Waals surface area contributed by atoms with Crippen LogP contribution in [0.2, 0.25) is 0 Å². The predicted octanol–water partition coefficient (Wildman–Crippen LogP) is -0.249. The first-order chi connectivity index (χ1) is 7.74. The Labute approximate surface area is 96.4 Å². The van der Waals surface area contributed by atoms with Crippen LogP contribution in [0.4, 0.5) is 0 Å². The molecular formula is C9H11ClN2O4. The van der Waals surface area contributed by atoms with Gasteiger partial charge in [0.25, 0.3) is 5.56 Å². The van der Waals surface area contributed by atoms with Crippen molar-refractivity contribution in [1.82, 2.24) is 9.55 Å². The van der Waals surface area contributed by atoms with Crippen molar-refractivity contribution in [3.8, 4) is 6.01 Å². The van der Waals surface area contributed by atoms with Crippen LogP contribution in [0.3, 0.4) is 0 Å². The fourth-order valence-electron chi connectivity index (χ4n) is 1.40. The van der Waals surface area contributed by atoms with Gasteiger partial charge in [-0.15, -0.1) is 11.6 Å². The number of aliphatic hydroxyl groups excluding tert-OH is 1. The first-order valence-corrected chi connectivity index (χ1v) is 5.32. The van der Waals surface area contributed by atoms with Crippen molar-refractivity contribution in [2.75, 3.05) is 19.1 Å². The third-order valence-corrected chi connectivity index (χ3v) is 2.54. The zero-order chi connectivity index (χ0) is 11.5. The van der Waals surface area contributed by atoms with Crippen molar-refractivity contribution in [3.63, 3.8) is 0 Å². The maximum atomic E-state index is 11.0. The number of hydrogen-bond acceptors (Lipinski definition) is 5. The monoisotopic (exact) mass is 246 g/mol. The molecule has 0 aliphatic carbocycles. The van der Waals surface area contributed by atoms with Crippen LogP contribution in [-0.4, -0.2) is 39.9 Å². The summed E-state index contributed by atoms with van der Waals surface area (Å²) in [5.74, 6) is 0.190. The molecule has 1 aromatic heterocycles. The van der Waals surface area contributed by atoms with E-state index in [2.05, 4.69) is 4.98 Å². The topological polar surface area (TPSA) is 73.6 Å². The number of alkyl halides is 1. The van der Waals surface area contributed by atoms with Gasteiger partial charge < -0.3 is 14.6 Å². The fraction of sp³-hybridized carbons (Fsp3) is 0.556. The average molecular weight is 247 g/mol. The second-order valence-electron chi connectivity index (χ2n) is 3.32. The van der Waals surface area contributed by atoms with Gasteiger partial charge in [-0.25, -0.2) is 0 Å². The van der Waals surface area contributed by atoms with Crippen LogP contribution in [0, 0.1) is 0 Å². The van der Waals surface area contributed by atoms with Gasteiger partial charge in [-0.3, -0.25) is 9.36 Å². The van der Waals surface area contributed by atoms with Crippen LogP contribution in [0.1, 0.15) is 6.23 Å².